The minimum absolute atomic E-state index is 0.529. The molecule has 3 N–H and O–H groups in total. The first kappa shape index (κ1) is 14.3. The summed E-state index contributed by atoms with van der Waals surface area (Å²) in [6, 6.07) is 0.529. The molecule has 0 aromatic heterocycles. The van der Waals surface area contributed by atoms with Gasteiger partial charge in [0.05, 0.1) is 0 Å². The molecule has 3 atom stereocenters. The summed E-state index contributed by atoms with van der Waals surface area (Å²) in [5.74, 6) is 9.90. The number of hydrogen-bond donors (Lipinski definition) is 2. The molecule has 0 amide bonds. The zero-order valence-corrected chi connectivity index (χ0v) is 11.7. The van der Waals surface area contributed by atoms with Crippen LogP contribution in [-0.2, 0) is 0 Å². The minimum atomic E-state index is 0.529. The largest absolute Gasteiger partial charge is 0.271 e. The summed E-state index contributed by atoms with van der Waals surface area (Å²) in [7, 11) is 0. The van der Waals surface area contributed by atoms with E-state index in [4.69, 9.17) is 5.84 Å². The van der Waals surface area contributed by atoms with E-state index in [1.807, 2.05) is 11.8 Å². The fourth-order valence-corrected chi connectivity index (χ4v) is 3.98. The van der Waals surface area contributed by atoms with Gasteiger partial charge < -0.3 is 0 Å². The summed E-state index contributed by atoms with van der Waals surface area (Å²) in [5, 5.41) is 0. The molecule has 3 heteroatoms. The second-order valence-electron chi connectivity index (χ2n) is 4.96. The highest BCUT2D eigenvalue weighted by Gasteiger charge is 2.29. The topological polar surface area (TPSA) is 38.0 Å². The molecule has 0 heterocycles. The molecule has 0 aliphatic heterocycles. The van der Waals surface area contributed by atoms with E-state index in [1.54, 1.807) is 0 Å². The third kappa shape index (κ3) is 4.27. The standard InChI is InChI=1S/C13H28N2S/c1-3-9-16-10-13(15-14)12-8-6-5-7-11(12)4-2/h11-13,15H,3-10,14H2,1-2H3. The predicted octanol–water partition coefficient (Wildman–Crippen LogP) is 3.18. The van der Waals surface area contributed by atoms with Crippen molar-refractivity contribution >= 4 is 11.8 Å². The Bertz CT molecular complexity index is 175. The van der Waals surface area contributed by atoms with E-state index in [2.05, 4.69) is 19.3 Å². The van der Waals surface area contributed by atoms with Gasteiger partial charge in [-0.2, -0.15) is 11.8 Å². The number of thioether (sulfide) groups is 1. The lowest BCUT2D eigenvalue weighted by Crippen LogP contribution is -2.46. The molecule has 2 nitrogen and oxygen atoms in total. The molecule has 1 saturated carbocycles. The molecule has 0 spiro atoms. The lowest BCUT2D eigenvalue weighted by Gasteiger charge is -2.36. The van der Waals surface area contributed by atoms with Gasteiger partial charge in [-0.15, -0.1) is 0 Å². The van der Waals surface area contributed by atoms with Crippen molar-refractivity contribution in [2.75, 3.05) is 11.5 Å². The van der Waals surface area contributed by atoms with Crippen LogP contribution in [-0.4, -0.2) is 17.5 Å². The van der Waals surface area contributed by atoms with E-state index in [0.29, 0.717) is 6.04 Å². The van der Waals surface area contributed by atoms with Gasteiger partial charge in [0.25, 0.3) is 0 Å². The zero-order chi connectivity index (χ0) is 11.8. The van der Waals surface area contributed by atoms with Gasteiger partial charge >= 0.3 is 0 Å². The number of nitrogens with one attached hydrogen (secondary N) is 1. The van der Waals surface area contributed by atoms with Crippen molar-refractivity contribution in [2.45, 2.75) is 58.4 Å². The summed E-state index contributed by atoms with van der Waals surface area (Å²) in [6.45, 7) is 4.57. The molecular weight excluding hydrogens is 216 g/mol. The third-order valence-corrected chi connectivity index (χ3v) is 5.16. The average molecular weight is 244 g/mol. The summed E-state index contributed by atoms with van der Waals surface area (Å²) in [6.07, 6.45) is 8.20. The van der Waals surface area contributed by atoms with Crippen molar-refractivity contribution in [1.82, 2.24) is 5.43 Å². The Morgan fingerprint density at radius 1 is 1.31 bits per heavy atom. The minimum Gasteiger partial charge on any atom is -0.271 e. The van der Waals surface area contributed by atoms with Crippen LogP contribution in [0.2, 0.25) is 0 Å². The summed E-state index contributed by atoms with van der Waals surface area (Å²) in [5.41, 5.74) is 3.07. The molecule has 96 valence electrons. The Hall–Kier alpha value is 0.270. The smallest absolute Gasteiger partial charge is 0.0331 e. The Morgan fingerprint density at radius 2 is 2.06 bits per heavy atom. The van der Waals surface area contributed by atoms with Crippen LogP contribution in [0.15, 0.2) is 0 Å². The fourth-order valence-electron chi connectivity index (χ4n) is 2.92. The van der Waals surface area contributed by atoms with Crippen LogP contribution in [0.1, 0.15) is 52.4 Å². The summed E-state index contributed by atoms with van der Waals surface area (Å²) in [4.78, 5) is 0. The van der Waals surface area contributed by atoms with Crippen molar-refractivity contribution in [3.05, 3.63) is 0 Å². The van der Waals surface area contributed by atoms with Gasteiger partial charge in [-0.05, 0) is 30.4 Å². The Morgan fingerprint density at radius 3 is 2.69 bits per heavy atom. The highest BCUT2D eigenvalue weighted by Crippen LogP contribution is 2.35. The van der Waals surface area contributed by atoms with E-state index in [9.17, 15) is 0 Å². The molecule has 0 aromatic carbocycles. The van der Waals surface area contributed by atoms with Crippen LogP contribution in [0.4, 0.5) is 0 Å². The SMILES string of the molecule is CCCSCC(NN)C1CCCCC1CC. The highest BCUT2D eigenvalue weighted by molar-refractivity contribution is 7.99. The predicted molar refractivity (Wildman–Crippen MR) is 74.5 cm³/mol. The van der Waals surface area contributed by atoms with E-state index in [0.717, 1.165) is 11.8 Å². The second-order valence-corrected chi connectivity index (χ2v) is 6.11. The van der Waals surface area contributed by atoms with Crippen molar-refractivity contribution in [1.29, 1.82) is 0 Å². The Labute approximate surface area is 105 Å². The number of rotatable bonds is 7. The third-order valence-electron chi connectivity index (χ3n) is 3.87. The Kier molecular flexibility index (Phi) is 7.50. The van der Waals surface area contributed by atoms with Crippen LogP contribution >= 0.6 is 11.8 Å². The lowest BCUT2D eigenvalue weighted by atomic mass is 9.74. The monoisotopic (exact) mass is 244 g/mol. The molecule has 1 aliphatic carbocycles. The molecular formula is C13H28N2S. The highest BCUT2D eigenvalue weighted by atomic mass is 32.2. The van der Waals surface area contributed by atoms with Gasteiger partial charge in [0.1, 0.15) is 0 Å². The molecule has 1 aliphatic rings. The van der Waals surface area contributed by atoms with Gasteiger partial charge in [-0.1, -0.05) is 39.5 Å². The number of nitrogens with two attached hydrogens (primary N) is 1. The Balaban J connectivity index is 2.41. The van der Waals surface area contributed by atoms with Crippen molar-refractivity contribution in [2.24, 2.45) is 17.7 Å². The molecule has 3 unspecified atom stereocenters. The first-order valence-electron chi connectivity index (χ1n) is 6.87. The number of hydrazine groups is 1. The molecule has 0 bridgehead atoms. The first-order chi connectivity index (χ1) is 7.83. The fraction of sp³-hybridized carbons (Fsp3) is 1.00. The van der Waals surface area contributed by atoms with Crippen LogP contribution in [0, 0.1) is 11.8 Å². The average Bonchev–Trinajstić information content (AvgIpc) is 2.35. The quantitative estimate of drug-likeness (QED) is 0.410. The first-order valence-corrected chi connectivity index (χ1v) is 8.02. The molecule has 0 saturated heterocycles. The van der Waals surface area contributed by atoms with Gasteiger partial charge in [0.15, 0.2) is 0 Å². The number of hydrogen-bond acceptors (Lipinski definition) is 3. The summed E-state index contributed by atoms with van der Waals surface area (Å²) < 4.78 is 0. The van der Waals surface area contributed by atoms with Crippen LogP contribution in [0.25, 0.3) is 0 Å². The van der Waals surface area contributed by atoms with Crippen molar-refractivity contribution < 1.29 is 0 Å². The molecule has 0 radical (unpaired) electrons. The zero-order valence-electron chi connectivity index (χ0n) is 10.9. The van der Waals surface area contributed by atoms with E-state index in [1.165, 1.54) is 50.0 Å². The van der Waals surface area contributed by atoms with Gasteiger partial charge in [-0.3, -0.25) is 11.3 Å². The maximum atomic E-state index is 5.74. The van der Waals surface area contributed by atoms with E-state index in [-0.39, 0.29) is 0 Å². The van der Waals surface area contributed by atoms with Gasteiger partial charge in [0, 0.05) is 11.8 Å². The normalized spacial score (nSPS) is 27.9. The molecule has 1 fully saturated rings. The second kappa shape index (κ2) is 8.37. The van der Waals surface area contributed by atoms with Crippen molar-refractivity contribution in [3.8, 4) is 0 Å². The van der Waals surface area contributed by atoms with Crippen LogP contribution < -0.4 is 11.3 Å². The maximum Gasteiger partial charge on any atom is 0.0331 e. The van der Waals surface area contributed by atoms with Gasteiger partial charge in [0.2, 0.25) is 0 Å². The summed E-state index contributed by atoms with van der Waals surface area (Å²) >= 11 is 2.05. The molecule has 0 aromatic rings. The molecule has 1 rings (SSSR count). The van der Waals surface area contributed by atoms with Crippen LogP contribution in [0.5, 0.6) is 0 Å². The van der Waals surface area contributed by atoms with E-state index < -0.39 is 0 Å². The molecule has 16 heavy (non-hydrogen) atoms. The van der Waals surface area contributed by atoms with Gasteiger partial charge in [-0.25, -0.2) is 0 Å². The maximum absolute atomic E-state index is 5.74. The van der Waals surface area contributed by atoms with E-state index >= 15 is 0 Å². The lowest BCUT2D eigenvalue weighted by molar-refractivity contribution is 0.186. The van der Waals surface area contributed by atoms with Crippen molar-refractivity contribution in [3.63, 3.8) is 0 Å². The van der Waals surface area contributed by atoms with Crippen LogP contribution in [0.3, 0.4) is 0 Å².